The van der Waals surface area contributed by atoms with Crippen LogP contribution in [0.4, 0.5) is 5.69 Å². The second-order valence-corrected chi connectivity index (χ2v) is 4.93. The summed E-state index contributed by atoms with van der Waals surface area (Å²) in [5, 5.41) is 22.0. The number of nitro benzene ring substituents is 1. The van der Waals surface area contributed by atoms with E-state index in [2.05, 4.69) is 5.32 Å². The molecule has 0 spiro atoms. The van der Waals surface area contributed by atoms with Crippen molar-refractivity contribution >= 4 is 29.2 Å². The molecule has 0 radical (unpaired) electrons. The molecule has 20 heavy (non-hydrogen) atoms. The lowest BCUT2D eigenvalue weighted by atomic mass is 10.0. The van der Waals surface area contributed by atoms with Crippen LogP contribution in [0.5, 0.6) is 0 Å². The van der Waals surface area contributed by atoms with Crippen LogP contribution in [0.2, 0.25) is 5.02 Å². The summed E-state index contributed by atoms with van der Waals surface area (Å²) in [5.74, 6) is -2.23. The molecule has 1 amide bonds. The van der Waals surface area contributed by atoms with E-state index in [-0.39, 0.29) is 22.2 Å². The molecular weight excluding hydrogens is 288 g/mol. The Balaban J connectivity index is 3.03. The molecule has 8 heteroatoms. The summed E-state index contributed by atoms with van der Waals surface area (Å²) < 4.78 is 0. The van der Waals surface area contributed by atoms with E-state index in [1.54, 1.807) is 13.8 Å². The van der Waals surface area contributed by atoms with E-state index in [0.717, 1.165) is 12.1 Å². The lowest BCUT2D eigenvalue weighted by Crippen LogP contribution is -2.44. The number of amides is 1. The predicted molar refractivity (Wildman–Crippen MR) is 71.8 cm³/mol. The number of carbonyl (C=O) groups is 2. The highest BCUT2D eigenvalue weighted by molar-refractivity contribution is 6.31. The lowest BCUT2D eigenvalue weighted by molar-refractivity contribution is -0.384. The van der Waals surface area contributed by atoms with Crippen LogP contribution >= 0.6 is 11.6 Å². The van der Waals surface area contributed by atoms with Crippen LogP contribution in [-0.2, 0) is 4.79 Å². The first-order chi connectivity index (χ1) is 9.22. The molecule has 1 aromatic carbocycles. The molecular formula is C12H13ClN2O5. The first-order valence-electron chi connectivity index (χ1n) is 5.71. The third-order valence-corrected chi connectivity index (χ3v) is 2.79. The minimum Gasteiger partial charge on any atom is -0.480 e. The average Bonchev–Trinajstić information content (AvgIpc) is 2.33. The summed E-state index contributed by atoms with van der Waals surface area (Å²) in [6, 6.07) is 2.31. The Morgan fingerprint density at radius 3 is 2.40 bits per heavy atom. The third kappa shape index (κ3) is 3.92. The van der Waals surface area contributed by atoms with Crippen LogP contribution in [0.1, 0.15) is 24.2 Å². The normalized spacial score (nSPS) is 12.0. The van der Waals surface area contributed by atoms with E-state index in [4.69, 9.17) is 16.7 Å². The standard InChI is InChI=1S/C12H13ClN2O5/c1-6(2)10(12(17)18)14-11(16)7-3-8(13)5-9(4-7)15(19)20/h3-6,10H,1-2H3,(H,14,16)(H,17,18)/t10-/m1/s1. The van der Waals surface area contributed by atoms with Crippen molar-refractivity contribution in [2.75, 3.05) is 0 Å². The van der Waals surface area contributed by atoms with Gasteiger partial charge in [0.25, 0.3) is 11.6 Å². The molecule has 1 rings (SSSR count). The second kappa shape index (κ2) is 6.33. The SMILES string of the molecule is CC(C)[C@@H](NC(=O)c1cc(Cl)cc([N+](=O)[O-])c1)C(=O)O. The molecule has 0 heterocycles. The van der Waals surface area contributed by atoms with Gasteiger partial charge >= 0.3 is 5.97 Å². The zero-order valence-corrected chi connectivity index (χ0v) is 11.5. The highest BCUT2D eigenvalue weighted by Gasteiger charge is 2.24. The number of halogens is 1. The van der Waals surface area contributed by atoms with Crippen molar-refractivity contribution < 1.29 is 19.6 Å². The molecule has 0 saturated carbocycles. The van der Waals surface area contributed by atoms with E-state index >= 15 is 0 Å². The van der Waals surface area contributed by atoms with E-state index in [1.165, 1.54) is 6.07 Å². The number of nitrogens with one attached hydrogen (secondary N) is 1. The van der Waals surface area contributed by atoms with Crippen molar-refractivity contribution in [3.8, 4) is 0 Å². The lowest BCUT2D eigenvalue weighted by Gasteiger charge is -2.17. The fourth-order valence-electron chi connectivity index (χ4n) is 1.55. The summed E-state index contributed by atoms with van der Waals surface area (Å²) in [4.78, 5) is 32.9. The van der Waals surface area contributed by atoms with Gasteiger partial charge in [0.15, 0.2) is 0 Å². The van der Waals surface area contributed by atoms with Gasteiger partial charge in [-0.05, 0) is 12.0 Å². The molecule has 108 valence electrons. The fourth-order valence-corrected chi connectivity index (χ4v) is 1.78. The number of non-ortho nitro benzene ring substituents is 1. The van der Waals surface area contributed by atoms with Crippen LogP contribution in [0.15, 0.2) is 18.2 Å². The molecule has 1 atom stereocenters. The summed E-state index contributed by atoms with van der Waals surface area (Å²) in [6.45, 7) is 3.28. The van der Waals surface area contributed by atoms with Crippen molar-refractivity contribution in [2.24, 2.45) is 5.92 Å². The summed E-state index contributed by atoms with van der Waals surface area (Å²) in [6.07, 6.45) is 0. The molecule has 0 saturated heterocycles. The Kier molecular flexibility index (Phi) is 5.04. The fraction of sp³-hybridized carbons (Fsp3) is 0.333. The molecule has 7 nitrogen and oxygen atoms in total. The highest BCUT2D eigenvalue weighted by Crippen LogP contribution is 2.21. The molecule has 2 N–H and O–H groups in total. The van der Waals surface area contributed by atoms with Gasteiger partial charge in [-0.1, -0.05) is 25.4 Å². The Morgan fingerprint density at radius 1 is 1.35 bits per heavy atom. The predicted octanol–water partition coefficient (Wildman–Crippen LogP) is 2.09. The number of hydrogen-bond donors (Lipinski definition) is 2. The van der Waals surface area contributed by atoms with Crippen LogP contribution in [0.3, 0.4) is 0 Å². The number of carbonyl (C=O) groups excluding carboxylic acids is 1. The quantitative estimate of drug-likeness (QED) is 0.639. The largest absolute Gasteiger partial charge is 0.480 e. The minimum absolute atomic E-state index is 0.0285. The molecule has 0 aromatic heterocycles. The van der Waals surface area contributed by atoms with E-state index in [1.807, 2.05) is 0 Å². The maximum atomic E-state index is 11.9. The molecule has 0 unspecified atom stereocenters. The Morgan fingerprint density at radius 2 is 1.95 bits per heavy atom. The average molecular weight is 301 g/mol. The van der Waals surface area contributed by atoms with Gasteiger partial charge in [0.05, 0.1) is 4.92 Å². The van der Waals surface area contributed by atoms with Crippen LogP contribution in [-0.4, -0.2) is 27.9 Å². The first kappa shape index (κ1) is 15.9. The van der Waals surface area contributed by atoms with Crippen molar-refractivity contribution in [1.82, 2.24) is 5.32 Å². The second-order valence-electron chi connectivity index (χ2n) is 4.49. The number of carboxylic acid groups (broad SMARTS) is 1. The number of aliphatic carboxylic acids is 1. The topological polar surface area (TPSA) is 110 Å². The summed E-state index contributed by atoms with van der Waals surface area (Å²) in [7, 11) is 0. The molecule has 0 fully saturated rings. The maximum absolute atomic E-state index is 11.9. The van der Waals surface area contributed by atoms with Crippen molar-refractivity contribution in [3.63, 3.8) is 0 Å². The van der Waals surface area contributed by atoms with Gasteiger partial charge in [0.1, 0.15) is 6.04 Å². The number of nitrogens with zero attached hydrogens (tertiary/aromatic N) is 1. The maximum Gasteiger partial charge on any atom is 0.326 e. The number of benzene rings is 1. The number of rotatable bonds is 5. The van der Waals surface area contributed by atoms with Crippen LogP contribution in [0, 0.1) is 16.0 Å². The highest BCUT2D eigenvalue weighted by atomic mass is 35.5. The number of nitro groups is 1. The van der Waals surface area contributed by atoms with Crippen molar-refractivity contribution in [2.45, 2.75) is 19.9 Å². The Labute approximate surface area is 119 Å². The Hall–Kier alpha value is -2.15. The Bertz CT molecular complexity index is 559. The van der Waals surface area contributed by atoms with Gasteiger partial charge in [0.2, 0.25) is 0 Å². The van der Waals surface area contributed by atoms with Crippen LogP contribution in [0.25, 0.3) is 0 Å². The number of hydrogen-bond acceptors (Lipinski definition) is 4. The molecule has 0 aliphatic carbocycles. The van der Waals surface area contributed by atoms with Gasteiger partial charge in [-0.25, -0.2) is 4.79 Å². The van der Waals surface area contributed by atoms with E-state index in [9.17, 15) is 19.7 Å². The van der Waals surface area contributed by atoms with Gasteiger partial charge < -0.3 is 10.4 Å². The zero-order chi connectivity index (χ0) is 15.4. The molecule has 0 bridgehead atoms. The van der Waals surface area contributed by atoms with Gasteiger partial charge in [-0.15, -0.1) is 0 Å². The number of carboxylic acids is 1. The smallest absolute Gasteiger partial charge is 0.326 e. The molecule has 0 aliphatic heterocycles. The minimum atomic E-state index is -1.18. The van der Waals surface area contributed by atoms with E-state index in [0.29, 0.717) is 0 Å². The zero-order valence-electron chi connectivity index (χ0n) is 10.8. The van der Waals surface area contributed by atoms with Gasteiger partial charge in [-0.2, -0.15) is 0 Å². The molecule has 1 aromatic rings. The summed E-state index contributed by atoms with van der Waals surface area (Å²) in [5.41, 5.74) is -0.393. The first-order valence-corrected chi connectivity index (χ1v) is 6.08. The summed E-state index contributed by atoms with van der Waals surface area (Å²) >= 11 is 5.70. The van der Waals surface area contributed by atoms with Crippen molar-refractivity contribution in [1.29, 1.82) is 0 Å². The third-order valence-electron chi connectivity index (χ3n) is 2.57. The van der Waals surface area contributed by atoms with Gasteiger partial charge in [-0.3, -0.25) is 14.9 Å². The van der Waals surface area contributed by atoms with Crippen molar-refractivity contribution in [3.05, 3.63) is 38.9 Å². The molecule has 0 aliphatic rings. The van der Waals surface area contributed by atoms with Gasteiger partial charge in [0, 0.05) is 22.7 Å². The monoisotopic (exact) mass is 300 g/mol. The van der Waals surface area contributed by atoms with Crippen LogP contribution < -0.4 is 5.32 Å². The van der Waals surface area contributed by atoms with E-state index < -0.39 is 22.8 Å².